The fourth-order valence-electron chi connectivity index (χ4n) is 4.13. The smallest absolute Gasteiger partial charge is 0.154 e. The summed E-state index contributed by atoms with van der Waals surface area (Å²) in [6, 6.07) is 0.476. The lowest BCUT2D eigenvalue weighted by atomic mass is 10.00. The Morgan fingerprint density at radius 2 is 1.92 bits per heavy atom. The Morgan fingerprint density at radius 3 is 2.64 bits per heavy atom. The van der Waals surface area contributed by atoms with Crippen LogP contribution < -0.4 is 5.32 Å². The first-order valence-corrected chi connectivity index (χ1v) is 9.83. The molecule has 1 aromatic rings. The molecule has 0 radical (unpaired) electrons. The summed E-state index contributed by atoms with van der Waals surface area (Å²) in [6.07, 6.45) is 5.46. The molecule has 4 heterocycles. The number of ether oxygens (including phenoxy) is 2. The van der Waals surface area contributed by atoms with Gasteiger partial charge in [-0.3, -0.25) is 0 Å². The molecule has 0 unspecified atom stereocenters. The van der Waals surface area contributed by atoms with Gasteiger partial charge in [0.05, 0.1) is 18.8 Å². The van der Waals surface area contributed by atoms with E-state index in [0.29, 0.717) is 12.0 Å². The van der Waals surface area contributed by atoms with Crippen LogP contribution >= 0.6 is 0 Å². The van der Waals surface area contributed by atoms with Gasteiger partial charge in [0, 0.05) is 38.6 Å². The van der Waals surface area contributed by atoms with Crippen LogP contribution in [0.15, 0.2) is 0 Å². The van der Waals surface area contributed by atoms with Crippen molar-refractivity contribution in [1.29, 1.82) is 0 Å². The van der Waals surface area contributed by atoms with Gasteiger partial charge in [-0.1, -0.05) is 0 Å². The average molecular weight is 349 g/mol. The quantitative estimate of drug-likeness (QED) is 0.874. The summed E-state index contributed by atoms with van der Waals surface area (Å²) < 4.78 is 13.7. The maximum Gasteiger partial charge on any atom is 0.154 e. The molecule has 0 aliphatic carbocycles. The zero-order valence-electron chi connectivity index (χ0n) is 15.3. The summed E-state index contributed by atoms with van der Waals surface area (Å²) in [4.78, 5) is 7.40. The number of hydrogen-bond acceptors (Lipinski definition) is 6. The van der Waals surface area contributed by atoms with E-state index < -0.39 is 0 Å². The number of hydrogen-bond donors (Lipinski definition) is 1. The Kier molecular flexibility index (Phi) is 5.65. The number of likely N-dealkylation sites (tertiary alicyclic amines) is 1. The maximum atomic E-state index is 5.92. The molecule has 3 aliphatic rings. The van der Waals surface area contributed by atoms with Crippen LogP contribution in [-0.2, 0) is 15.9 Å². The Balaban J connectivity index is 1.54. The largest absolute Gasteiger partial charge is 0.381 e. The van der Waals surface area contributed by atoms with Crippen LogP contribution in [0.25, 0.3) is 0 Å². The fourth-order valence-corrected chi connectivity index (χ4v) is 4.13. The van der Waals surface area contributed by atoms with Crippen LogP contribution in [-0.4, -0.2) is 78.8 Å². The van der Waals surface area contributed by atoms with Crippen molar-refractivity contribution in [3.05, 3.63) is 11.6 Å². The van der Waals surface area contributed by atoms with Crippen molar-refractivity contribution in [3.63, 3.8) is 0 Å². The zero-order chi connectivity index (χ0) is 17.1. The summed E-state index contributed by atoms with van der Waals surface area (Å²) in [5.74, 6) is 2.59. The van der Waals surface area contributed by atoms with Crippen molar-refractivity contribution in [2.24, 2.45) is 0 Å². The van der Waals surface area contributed by atoms with Crippen molar-refractivity contribution in [2.45, 2.75) is 50.2 Å². The molecule has 0 saturated carbocycles. The van der Waals surface area contributed by atoms with Crippen molar-refractivity contribution < 1.29 is 9.47 Å². The van der Waals surface area contributed by atoms with Crippen LogP contribution in [0.4, 0.5) is 0 Å². The minimum absolute atomic E-state index is 0.213. The van der Waals surface area contributed by atoms with E-state index >= 15 is 0 Å². The standard InChI is InChI=1S/C18H31N5O2/c1-22-7-2-15(3-8-22)23-17(12-16-13-19-6-11-25-16)20-18(21-23)14-4-9-24-10-5-14/h14-16,19H,2-13H2,1H3/t16-/m0/s1. The molecule has 4 rings (SSSR count). The van der Waals surface area contributed by atoms with Crippen molar-refractivity contribution in [2.75, 3.05) is 53.0 Å². The predicted octanol–water partition coefficient (Wildman–Crippen LogP) is 0.970. The molecule has 0 spiro atoms. The lowest BCUT2D eigenvalue weighted by Gasteiger charge is -2.30. The zero-order valence-corrected chi connectivity index (χ0v) is 15.3. The molecular formula is C18H31N5O2. The van der Waals surface area contributed by atoms with E-state index in [9.17, 15) is 0 Å². The van der Waals surface area contributed by atoms with Gasteiger partial charge in [0.15, 0.2) is 5.82 Å². The van der Waals surface area contributed by atoms with Gasteiger partial charge >= 0.3 is 0 Å². The van der Waals surface area contributed by atoms with Crippen LogP contribution in [0.1, 0.15) is 49.3 Å². The molecule has 3 aliphatic heterocycles. The van der Waals surface area contributed by atoms with E-state index in [-0.39, 0.29) is 6.10 Å². The second-order valence-electron chi connectivity index (χ2n) is 7.65. The Hall–Kier alpha value is -1.02. The molecule has 1 aromatic heterocycles. The van der Waals surface area contributed by atoms with Gasteiger partial charge in [-0.25, -0.2) is 9.67 Å². The number of morpholine rings is 1. The minimum Gasteiger partial charge on any atom is -0.381 e. The van der Waals surface area contributed by atoms with E-state index in [4.69, 9.17) is 19.6 Å². The van der Waals surface area contributed by atoms with Gasteiger partial charge in [-0.15, -0.1) is 0 Å². The molecule has 1 N–H and O–H groups in total. The van der Waals surface area contributed by atoms with E-state index in [2.05, 4.69) is 21.9 Å². The van der Waals surface area contributed by atoms with E-state index in [1.54, 1.807) is 0 Å². The average Bonchev–Trinajstić information content (AvgIpc) is 3.08. The summed E-state index contributed by atoms with van der Waals surface area (Å²) in [7, 11) is 2.20. The van der Waals surface area contributed by atoms with Crippen molar-refractivity contribution >= 4 is 0 Å². The van der Waals surface area contributed by atoms with Crippen LogP contribution in [0, 0.1) is 0 Å². The Labute approximate surface area is 150 Å². The lowest BCUT2D eigenvalue weighted by Crippen LogP contribution is -2.40. The summed E-state index contributed by atoms with van der Waals surface area (Å²) in [5.41, 5.74) is 0. The Morgan fingerprint density at radius 1 is 1.12 bits per heavy atom. The molecule has 7 nitrogen and oxygen atoms in total. The van der Waals surface area contributed by atoms with Gasteiger partial charge in [0.2, 0.25) is 0 Å². The van der Waals surface area contributed by atoms with Crippen molar-refractivity contribution in [1.82, 2.24) is 25.0 Å². The molecule has 140 valence electrons. The molecule has 7 heteroatoms. The molecule has 3 fully saturated rings. The van der Waals surface area contributed by atoms with Crippen LogP contribution in [0.5, 0.6) is 0 Å². The topological polar surface area (TPSA) is 64.4 Å². The fraction of sp³-hybridized carbons (Fsp3) is 0.889. The molecule has 1 atom stereocenters. The van der Waals surface area contributed by atoms with Gasteiger partial charge in [0.25, 0.3) is 0 Å². The SMILES string of the molecule is CN1CCC(n2nc(C3CCOCC3)nc2C[C@H]2CNCCO2)CC1. The van der Waals surface area contributed by atoms with E-state index in [1.807, 2.05) is 0 Å². The highest BCUT2D eigenvalue weighted by Gasteiger charge is 2.28. The molecule has 0 bridgehead atoms. The highest BCUT2D eigenvalue weighted by Crippen LogP contribution is 2.28. The van der Waals surface area contributed by atoms with Gasteiger partial charge < -0.3 is 19.7 Å². The molecule has 3 saturated heterocycles. The number of nitrogens with one attached hydrogen (secondary N) is 1. The van der Waals surface area contributed by atoms with Gasteiger partial charge in [-0.05, 0) is 45.8 Å². The second-order valence-corrected chi connectivity index (χ2v) is 7.65. The lowest BCUT2D eigenvalue weighted by molar-refractivity contribution is 0.0269. The van der Waals surface area contributed by atoms with Gasteiger partial charge in [-0.2, -0.15) is 5.10 Å². The number of nitrogens with zero attached hydrogens (tertiary/aromatic N) is 4. The van der Waals surface area contributed by atoms with E-state index in [1.165, 1.54) is 0 Å². The van der Waals surface area contributed by atoms with Crippen LogP contribution in [0.2, 0.25) is 0 Å². The Bertz CT molecular complexity index is 544. The highest BCUT2D eigenvalue weighted by atomic mass is 16.5. The second kappa shape index (κ2) is 8.12. The predicted molar refractivity (Wildman–Crippen MR) is 94.9 cm³/mol. The first-order chi connectivity index (χ1) is 12.3. The summed E-state index contributed by atoms with van der Waals surface area (Å²) in [5, 5.41) is 8.43. The number of rotatable bonds is 4. The molecule has 0 amide bonds. The number of aromatic nitrogens is 3. The molecular weight excluding hydrogens is 318 g/mol. The molecule has 0 aromatic carbocycles. The highest BCUT2D eigenvalue weighted by molar-refractivity contribution is 5.04. The van der Waals surface area contributed by atoms with Gasteiger partial charge in [0.1, 0.15) is 5.82 Å². The van der Waals surface area contributed by atoms with Crippen LogP contribution in [0.3, 0.4) is 0 Å². The summed E-state index contributed by atoms with van der Waals surface area (Å²) >= 11 is 0. The summed E-state index contributed by atoms with van der Waals surface area (Å²) in [6.45, 7) is 6.59. The number of piperidine rings is 1. The monoisotopic (exact) mass is 349 g/mol. The third-order valence-corrected chi connectivity index (χ3v) is 5.75. The van der Waals surface area contributed by atoms with Crippen molar-refractivity contribution in [3.8, 4) is 0 Å². The first kappa shape index (κ1) is 17.4. The normalized spacial score (nSPS) is 27.6. The third kappa shape index (κ3) is 4.22. The van der Waals surface area contributed by atoms with E-state index in [0.717, 1.165) is 89.8 Å². The first-order valence-electron chi connectivity index (χ1n) is 9.83. The minimum atomic E-state index is 0.213. The maximum absolute atomic E-state index is 5.92. The molecule has 25 heavy (non-hydrogen) atoms. The third-order valence-electron chi connectivity index (χ3n) is 5.75.